The van der Waals surface area contributed by atoms with E-state index in [1.807, 2.05) is 19.1 Å². The molecule has 5 heteroatoms. The van der Waals surface area contributed by atoms with E-state index in [1.54, 1.807) is 13.0 Å². The number of aromatic nitrogens is 2. The molecule has 2 rings (SSSR count). The Morgan fingerprint density at radius 2 is 1.95 bits per heavy atom. The van der Waals surface area contributed by atoms with E-state index in [4.69, 9.17) is 11.6 Å². The van der Waals surface area contributed by atoms with Gasteiger partial charge in [0.1, 0.15) is 5.15 Å². The van der Waals surface area contributed by atoms with Crippen LogP contribution < -0.4 is 11.2 Å². The highest BCUT2D eigenvalue weighted by atomic mass is 35.5. The molecule has 4 nitrogen and oxygen atoms in total. The van der Waals surface area contributed by atoms with Crippen molar-refractivity contribution < 1.29 is 0 Å². The van der Waals surface area contributed by atoms with Crippen LogP contribution in [0.5, 0.6) is 0 Å². The molecular formula is C14H15ClN2O2. The largest absolute Gasteiger partial charge is 0.334 e. The molecule has 0 aliphatic rings. The van der Waals surface area contributed by atoms with Crippen molar-refractivity contribution in [2.45, 2.75) is 27.2 Å². The summed E-state index contributed by atoms with van der Waals surface area (Å²) < 4.78 is 1.10. The SMILES string of the molecule is CCc1ccc(-n2c(=O)[nH]c(Cl)c(C)c2=O)cc1C. The minimum absolute atomic E-state index is 0.0909. The molecule has 1 heterocycles. The number of benzene rings is 1. The van der Waals surface area contributed by atoms with Gasteiger partial charge in [0.05, 0.1) is 11.3 Å². The van der Waals surface area contributed by atoms with E-state index in [9.17, 15) is 9.59 Å². The van der Waals surface area contributed by atoms with Crippen molar-refractivity contribution in [2.24, 2.45) is 0 Å². The summed E-state index contributed by atoms with van der Waals surface area (Å²) in [6.07, 6.45) is 0.914. The average Bonchev–Trinajstić information content (AvgIpc) is 2.36. The highest BCUT2D eigenvalue weighted by molar-refractivity contribution is 6.30. The second-order valence-electron chi connectivity index (χ2n) is 4.47. The van der Waals surface area contributed by atoms with E-state index in [0.29, 0.717) is 11.3 Å². The minimum atomic E-state index is -0.524. The van der Waals surface area contributed by atoms with Gasteiger partial charge in [0.15, 0.2) is 0 Å². The maximum Gasteiger partial charge on any atom is 0.334 e. The number of hydrogen-bond donors (Lipinski definition) is 1. The van der Waals surface area contributed by atoms with E-state index in [1.165, 1.54) is 5.56 Å². The molecule has 1 aromatic carbocycles. The van der Waals surface area contributed by atoms with E-state index in [0.717, 1.165) is 16.6 Å². The third-order valence-electron chi connectivity index (χ3n) is 3.24. The third-order valence-corrected chi connectivity index (χ3v) is 3.62. The molecule has 0 saturated carbocycles. The molecule has 0 bridgehead atoms. The second-order valence-corrected chi connectivity index (χ2v) is 4.85. The van der Waals surface area contributed by atoms with Crippen molar-refractivity contribution in [1.82, 2.24) is 9.55 Å². The molecule has 0 atom stereocenters. The van der Waals surface area contributed by atoms with Crippen molar-refractivity contribution >= 4 is 11.6 Å². The van der Waals surface area contributed by atoms with Crippen LogP contribution in [-0.4, -0.2) is 9.55 Å². The van der Waals surface area contributed by atoms with Gasteiger partial charge in [-0.1, -0.05) is 24.6 Å². The van der Waals surface area contributed by atoms with Gasteiger partial charge in [-0.25, -0.2) is 9.36 Å². The smallest absolute Gasteiger partial charge is 0.297 e. The van der Waals surface area contributed by atoms with Crippen molar-refractivity contribution in [3.8, 4) is 5.69 Å². The number of nitrogens with zero attached hydrogens (tertiary/aromatic N) is 1. The molecular weight excluding hydrogens is 264 g/mol. The number of nitrogens with one attached hydrogen (secondary N) is 1. The Labute approximate surface area is 115 Å². The lowest BCUT2D eigenvalue weighted by molar-refractivity contribution is 0.857. The lowest BCUT2D eigenvalue weighted by atomic mass is 10.1. The molecule has 2 aromatic rings. The fourth-order valence-corrected chi connectivity index (χ4v) is 2.21. The van der Waals surface area contributed by atoms with Crippen molar-refractivity contribution in [2.75, 3.05) is 0 Å². The summed E-state index contributed by atoms with van der Waals surface area (Å²) in [7, 11) is 0. The van der Waals surface area contributed by atoms with Gasteiger partial charge in [0, 0.05) is 0 Å². The molecule has 0 amide bonds. The molecule has 0 fully saturated rings. The molecule has 0 unspecified atom stereocenters. The first kappa shape index (κ1) is 13.6. The number of aromatic amines is 1. The monoisotopic (exact) mass is 278 g/mol. The number of rotatable bonds is 2. The molecule has 19 heavy (non-hydrogen) atoms. The maximum atomic E-state index is 12.1. The van der Waals surface area contributed by atoms with Gasteiger partial charge in [0.2, 0.25) is 0 Å². The zero-order valence-electron chi connectivity index (χ0n) is 11.1. The van der Waals surface area contributed by atoms with Gasteiger partial charge < -0.3 is 0 Å². The quantitative estimate of drug-likeness (QED) is 0.858. The van der Waals surface area contributed by atoms with Crippen LogP contribution in [0.2, 0.25) is 5.15 Å². The van der Waals surface area contributed by atoms with Crippen LogP contribution >= 0.6 is 11.6 Å². The summed E-state index contributed by atoms with van der Waals surface area (Å²) in [5, 5.41) is 0.0909. The summed E-state index contributed by atoms with van der Waals surface area (Å²) in [5.41, 5.74) is 2.22. The zero-order valence-corrected chi connectivity index (χ0v) is 11.8. The van der Waals surface area contributed by atoms with Crippen LogP contribution in [-0.2, 0) is 6.42 Å². The maximum absolute atomic E-state index is 12.1. The molecule has 0 aliphatic carbocycles. The molecule has 0 spiro atoms. The van der Waals surface area contributed by atoms with Gasteiger partial charge in [-0.05, 0) is 43.5 Å². The first-order valence-electron chi connectivity index (χ1n) is 6.07. The Hall–Kier alpha value is -1.81. The fourth-order valence-electron chi connectivity index (χ4n) is 2.05. The van der Waals surface area contributed by atoms with E-state index in [-0.39, 0.29) is 5.15 Å². The Bertz CT molecular complexity index is 744. The van der Waals surface area contributed by atoms with E-state index >= 15 is 0 Å². The minimum Gasteiger partial charge on any atom is -0.297 e. The number of halogens is 1. The summed E-state index contributed by atoms with van der Waals surface area (Å²) in [5.74, 6) is 0. The van der Waals surface area contributed by atoms with Gasteiger partial charge in [-0.15, -0.1) is 0 Å². The summed E-state index contributed by atoms with van der Waals surface area (Å²) in [6.45, 7) is 5.61. The number of hydrogen-bond acceptors (Lipinski definition) is 2. The lowest BCUT2D eigenvalue weighted by Gasteiger charge is -2.09. The van der Waals surface area contributed by atoms with Crippen LogP contribution in [0.3, 0.4) is 0 Å². The van der Waals surface area contributed by atoms with Crippen LogP contribution in [0.4, 0.5) is 0 Å². The number of H-pyrrole nitrogens is 1. The van der Waals surface area contributed by atoms with Gasteiger partial charge in [-0.3, -0.25) is 9.78 Å². The van der Waals surface area contributed by atoms with Crippen molar-refractivity contribution in [3.63, 3.8) is 0 Å². The first-order valence-corrected chi connectivity index (χ1v) is 6.44. The highest BCUT2D eigenvalue weighted by Crippen LogP contribution is 2.14. The topological polar surface area (TPSA) is 54.9 Å². The van der Waals surface area contributed by atoms with Crippen LogP contribution in [0.15, 0.2) is 27.8 Å². The predicted octanol–water partition coefficient (Wildman–Crippen LogP) is 2.36. The van der Waals surface area contributed by atoms with Gasteiger partial charge in [0.25, 0.3) is 5.56 Å². The summed E-state index contributed by atoms with van der Waals surface area (Å²) >= 11 is 5.79. The average molecular weight is 279 g/mol. The Morgan fingerprint density at radius 3 is 2.53 bits per heavy atom. The molecule has 0 saturated heterocycles. The lowest BCUT2D eigenvalue weighted by Crippen LogP contribution is -2.35. The van der Waals surface area contributed by atoms with E-state index < -0.39 is 11.2 Å². The van der Waals surface area contributed by atoms with Gasteiger partial charge >= 0.3 is 5.69 Å². The van der Waals surface area contributed by atoms with Crippen molar-refractivity contribution in [1.29, 1.82) is 0 Å². The fraction of sp³-hybridized carbons (Fsp3) is 0.286. The van der Waals surface area contributed by atoms with Gasteiger partial charge in [-0.2, -0.15) is 0 Å². The second kappa shape index (κ2) is 5.05. The Kier molecular flexibility index (Phi) is 3.62. The standard InChI is InChI=1S/C14H15ClN2O2/c1-4-10-5-6-11(7-8(10)2)17-13(18)9(3)12(15)16-14(17)19/h5-7H,4H2,1-3H3,(H,16,19). The highest BCUT2D eigenvalue weighted by Gasteiger charge is 2.11. The first-order chi connectivity index (χ1) is 8.95. The zero-order chi connectivity index (χ0) is 14.2. The molecule has 1 N–H and O–H groups in total. The summed E-state index contributed by atoms with van der Waals surface area (Å²) in [4.78, 5) is 26.5. The third kappa shape index (κ3) is 2.36. The summed E-state index contributed by atoms with van der Waals surface area (Å²) in [6, 6.07) is 5.54. The normalized spacial score (nSPS) is 10.7. The molecule has 0 aliphatic heterocycles. The van der Waals surface area contributed by atoms with Crippen LogP contribution in [0.25, 0.3) is 5.69 Å². The van der Waals surface area contributed by atoms with Crippen LogP contribution in [0.1, 0.15) is 23.6 Å². The Balaban J connectivity index is 2.73. The van der Waals surface area contributed by atoms with Crippen LogP contribution in [0, 0.1) is 13.8 Å². The number of aryl methyl sites for hydroxylation is 2. The predicted molar refractivity (Wildman–Crippen MR) is 76.5 cm³/mol. The van der Waals surface area contributed by atoms with E-state index in [2.05, 4.69) is 11.9 Å². The molecule has 100 valence electrons. The van der Waals surface area contributed by atoms with Crippen molar-refractivity contribution in [3.05, 3.63) is 60.9 Å². The Morgan fingerprint density at radius 1 is 1.26 bits per heavy atom. The molecule has 0 radical (unpaired) electrons. The molecule has 1 aromatic heterocycles.